The molecule has 0 atom stereocenters. The molecule has 0 fully saturated rings. The minimum Gasteiger partial charge on any atom is -0.340 e. The van der Waals surface area contributed by atoms with Gasteiger partial charge in [0.15, 0.2) is 0 Å². The van der Waals surface area contributed by atoms with Crippen LogP contribution in [0.4, 0.5) is 11.4 Å². The molecule has 0 amide bonds. The maximum absolute atomic E-state index is 3.55. The second kappa shape index (κ2) is 3.04. The first kappa shape index (κ1) is 9.11. The fourth-order valence-electron chi connectivity index (χ4n) is 3.03. The van der Waals surface area contributed by atoms with E-state index >= 15 is 0 Å². The zero-order valence-electron chi connectivity index (χ0n) is 9.72. The Labute approximate surface area is 101 Å². The van der Waals surface area contributed by atoms with E-state index in [0.717, 1.165) is 0 Å². The Morgan fingerprint density at radius 3 is 2.29 bits per heavy atom. The maximum atomic E-state index is 3.55. The number of hydrogen-bond acceptors (Lipinski definition) is 2. The summed E-state index contributed by atoms with van der Waals surface area (Å²) in [5.74, 6) is 2.26. The Bertz CT molecular complexity index is 548. The van der Waals surface area contributed by atoms with Crippen LogP contribution in [0.2, 0.25) is 0 Å². The highest BCUT2D eigenvalue weighted by Gasteiger charge is 2.34. The van der Waals surface area contributed by atoms with Crippen molar-refractivity contribution in [3.8, 4) is 0 Å². The summed E-state index contributed by atoms with van der Waals surface area (Å²) >= 11 is 0. The van der Waals surface area contributed by atoms with Crippen molar-refractivity contribution in [2.24, 2.45) is 11.8 Å². The molecule has 1 aromatic carbocycles. The lowest BCUT2D eigenvalue weighted by atomic mass is 10.0. The van der Waals surface area contributed by atoms with Gasteiger partial charge in [0.2, 0.25) is 0 Å². The van der Waals surface area contributed by atoms with Crippen LogP contribution in [0.5, 0.6) is 0 Å². The average molecular weight is 222 g/mol. The van der Waals surface area contributed by atoms with Crippen LogP contribution >= 0.6 is 0 Å². The predicted octanol–water partition coefficient (Wildman–Crippen LogP) is 3.13. The number of benzene rings is 1. The van der Waals surface area contributed by atoms with Gasteiger partial charge in [-0.15, -0.1) is 0 Å². The highest BCUT2D eigenvalue weighted by molar-refractivity contribution is 5.81. The van der Waals surface area contributed by atoms with Crippen molar-refractivity contribution >= 4 is 11.4 Å². The molecule has 1 aromatic rings. The largest absolute Gasteiger partial charge is 0.340 e. The van der Waals surface area contributed by atoms with E-state index in [1.54, 1.807) is 0 Å². The molecule has 17 heavy (non-hydrogen) atoms. The lowest BCUT2D eigenvalue weighted by Gasteiger charge is -2.18. The van der Waals surface area contributed by atoms with E-state index in [0.29, 0.717) is 11.8 Å². The van der Waals surface area contributed by atoms with Crippen LogP contribution in [0, 0.1) is 11.8 Å². The van der Waals surface area contributed by atoms with Crippen molar-refractivity contribution < 1.29 is 0 Å². The third kappa shape index (κ3) is 1.10. The molecule has 2 bridgehead atoms. The number of rotatable bonds is 0. The van der Waals surface area contributed by atoms with Crippen LogP contribution in [0.15, 0.2) is 60.0 Å². The predicted molar refractivity (Wildman–Crippen MR) is 70.8 cm³/mol. The molecule has 1 heterocycles. The molecule has 2 heteroatoms. The topological polar surface area (TPSA) is 15.3 Å². The van der Waals surface area contributed by atoms with E-state index < -0.39 is 0 Å². The summed E-state index contributed by atoms with van der Waals surface area (Å²) in [5.41, 5.74) is 3.97. The molecular formula is C15H14N2. The summed E-state index contributed by atoms with van der Waals surface area (Å²) in [6.07, 6.45) is 9.19. The molecule has 4 rings (SSSR count). The van der Waals surface area contributed by atoms with Gasteiger partial charge in [-0.25, -0.2) is 0 Å². The van der Waals surface area contributed by atoms with Gasteiger partial charge in [-0.2, -0.15) is 0 Å². The molecule has 84 valence electrons. The fraction of sp³-hybridized carbons (Fsp3) is 0.200. The molecule has 0 radical (unpaired) electrons. The number of nitrogens with one attached hydrogen (secondary N) is 1. The maximum Gasteiger partial charge on any atom is 0.111 e. The van der Waals surface area contributed by atoms with Crippen molar-refractivity contribution in [1.82, 2.24) is 0 Å². The minimum absolute atomic E-state index is 0.499. The zero-order valence-corrected chi connectivity index (χ0v) is 9.72. The smallest absolute Gasteiger partial charge is 0.111 e. The molecule has 0 unspecified atom stereocenters. The second-order valence-corrected chi connectivity index (χ2v) is 4.83. The number of fused-ring (bicyclic) bond motifs is 3. The van der Waals surface area contributed by atoms with E-state index in [4.69, 9.17) is 0 Å². The molecule has 1 aliphatic heterocycles. The summed E-state index contributed by atoms with van der Waals surface area (Å²) in [6, 6.07) is 8.46. The van der Waals surface area contributed by atoms with Crippen LogP contribution < -0.4 is 10.2 Å². The first-order chi connectivity index (χ1) is 8.34. The van der Waals surface area contributed by atoms with Crippen LogP contribution in [0.1, 0.15) is 0 Å². The lowest BCUT2D eigenvalue weighted by Crippen LogP contribution is -2.19. The summed E-state index contributed by atoms with van der Waals surface area (Å²) in [7, 11) is 2.14. The summed E-state index contributed by atoms with van der Waals surface area (Å²) in [4.78, 5) is 2.27. The highest BCUT2D eigenvalue weighted by Crippen LogP contribution is 2.45. The standard InChI is InChI=1S/C15H14N2/c1-17-13-5-3-2-4-12(13)16-15(17)14-10-6-7-11(14)9-8-10/h2-11,16H,1H3. The molecule has 0 saturated carbocycles. The Hall–Kier alpha value is -1.96. The molecule has 2 nitrogen and oxygen atoms in total. The van der Waals surface area contributed by atoms with Gasteiger partial charge < -0.3 is 10.2 Å². The molecule has 0 aromatic heterocycles. The van der Waals surface area contributed by atoms with E-state index in [1.165, 1.54) is 22.8 Å². The lowest BCUT2D eigenvalue weighted by molar-refractivity contribution is 0.907. The highest BCUT2D eigenvalue weighted by atomic mass is 15.3. The quantitative estimate of drug-likeness (QED) is 0.678. The van der Waals surface area contributed by atoms with Gasteiger partial charge in [-0.1, -0.05) is 36.4 Å². The number of anilines is 2. The molecule has 3 aliphatic rings. The average Bonchev–Trinajstić information content (AvgIpc) is 3.02. The van der Waals surface area contributed by atoms with Crippen LogP contribution in [0.3, 0.4) is 0 Å². The third-order valence-electron chi connectivity index (χ3n) is 3.90. The molecular weight excluding hydrogens is 208 g/mol. The Morgan fingerprint density at radius 1 is 1.00 bits per heavy atom. The molecule has 0 saturated heterocycles. The zero-order chi connectivity index (χ0) is 11.4. The fourth-order valence-corrected chi connectivity index (χ4v) is 3.03. The van der Waals surface area contributed by atoms with Crippen molar-refractivity contribution in [3.63, 3.8) is 0 Å². The Kier molecular flexibility index (Phi) is 1.63. The number of hydrogen-bond donors (Lipinski definition) is 1. The molecule has 0 spiro atoms. The number of nitrogens with zero attached hydrogens (tertiary/aromatic N) is 1. The summed E-state index contributed by atoms with van der Waals surface area (Å²) in [6.45, 7) is 0. The SMILES string of the molecule is CN1C(=C2C3C=CC2C=C3)Nc2ccccc21. The monoisotopic (exact) mass is 222 g/mol. The van der Waals surface area contributed by atoms with Gasteiger partial charge in [-0.3, -0.25) is 0 Å². The Balaban J connectivity index is 1.83. The Morgan fingerprint density at radius 2 is 1.65 bits per heavy atom. The van der Waals surface area contributed by atoms with E-state index in [2.05, 4.69) is 65.8 Å². The van der Waals surface area contributed by atoms with Gasteiger partial charge in [0.1, 0.15) is 5.82 Å². The van der Waals surface area contributed by atoms with Crippen molar-refractivity contribution in [2.45, 2.75) is 0 Å². The second-order valence-electron chi connectivity index (χ2n) is 4.83. The third-order valence-corrected chi connectivity index (χ3v) is 3.90. The van der Waals surface area contributed by atoms with Gasteiger partial charge in [0.05, 0.1) is 11.4 Å². The van der Waals surface area contributed by atoms with Gasteiger partial charge in [0, 0.05) is 18.9 Å². The van der Waals surface area contributed by atoms with Crippen LogP contribution in [0.25, 0.3) is 0 Å². The number of allylic oxidation sites excluding steroid dienone is 5. The first-order valence-corrected chi connectivity index (χ1v) is 6.05. The van der Waals surface area contributed by atoms with E-state index in [9.17, 15) is 0 Å². The van der Waals surface area contributed by atoms with Gasteiger partial charge in [-0.05, 0) is 17.7 Å². The van der Waals surface area contributed by atoms with Crippen molar-refractivity contribution in [1.29, 1.82) is 0 Å². The van der Waals surface area contributed by atoms with Crippen LogP contribution in [-0.2, 0) is 0 Å². The van der Waals surface area contributed by atoms with E-state index in [1.807, 2.05) is 0 Å². The van der Waals surface area contributed by atoms with Crippen molar-refractivity contribution in [3.05, 3.63) is 60.0 Å². The van der Waals surface area contributed by atoms with E-state index in [-0.39, 0.29) is 0 Å². The summed E-state index contributed by atoms with van der Waals surface area (Å²) in [5, 5.41) is 3.55. The number of para-hydroxylation sites is 2. The summed E-state index contributed by atoms with van der Waals surface area (Å²) < 4.78 is 0. The van der Waals surface area contributed by atoms with Crippen LogP contribution in [-0.4, -0.2) is 7.05 Å². The normalized spacial score (nSPS) is 27.9. The molecule has 2 aliphatic carbocycles. The van der Waals surface area contributed by atoms with Gasteiger partial charge in [0.25, 0.3) is 0 Å². The van der Waals surface area contributed by atoms with Gasteiger partial charge >= 0.3 is 0 Å². The van der Waals surface area contributed by atoms with Crippen molar-refractivity contribution in [2.75, 3.05) is 17.3 Å². The first-order valence-electron chi connectivity index (χ1n) is 6.05. The minimum atomic E-state index is 0.499. The molecule has 1 N–H and O–H groups in total.